The molecule has 1 aliphatic rings. The summed E-state index contributed by atoms with van der Waals surface area (Å²) >= 11 is 0. The second kappa shape index (κ2) is 6.29. The molecule has 2 rings (SSSR count). The van der Waals surface area contributed by atoms with E-state index in [4.69, 9.17) is 10.8 Å². The molecule has 1 atom stereocenters. The summed E-state index contributed by atoms with van der Waals surface area (Å²) in [5.74, 6) is -0.611. The Labute approximate surface area is 124 Å². The summed E-state index contributed by atoms with van der Waals surface area (Å²) in [7, 11) is -3.76. The third kappa shape index (κ3) is 3.20. The Morgan fingerprint density at radius 1 is 1.48 bits per heavy atom. The third-order valence-corrected chi connectivity index (χ3v) is 6.00. The largest absolute Gasteiger partial charge is 0.399 e. The maximum Gasteiger partial charge on any atom is 0.243 e. The fraction of sp³-hybridized carbons (Fsp3) is 0.571. The van der Waals surface area contributed by atoms with Gasteiger partial charge in [-0.15, -0.1) is 0 Å². The van der Waals surface area contributed by atoms with Crippen LogP contribution in [0.15, 0.2) is 17.0 Å². The second-order valence-electron chi connectivity index (χ2n) is 5.40. The first-order chi connectivity index (χ1) is 9.87. The van der Waals surface area contributed by atoms with Crippen molar-refractivity contribution in [1.29, 1.82) is 0 Å². The number of rotatable bonds is 5. The van der Waals surface area contributed by atoms with Gasteiger partial charge in [0.1, 0.15) is 5.82 Å². The number of nitrogens with two attached hydrogens (primary N) is 1. The zero-order chi connectivity index (χ0) is 15.6. The van der Waals surface area contributed by atoms with Gasteiger partial charge in [-0.25, -0.2) is 12.8 Å². The monoisotopic (exact) mass is 316 g/mol. The third-order valence-electron chi connectivity index (χ3n) is 3.92. The van der Waals surface area contributed by atoms with E-state index in [1.165, 1.54) is 17.3 Å². The number of anilines is 1. The van der Waals surface area contributed by atoms with Crippen molar-refractivity contribution >= 4 is 15.7 Å². The van der Waals surface area contributed by atoms with E-state index in [1.54, 1.807) is 0 Å². The van der Waals surface area contributed by atoms with Crippen LogP contribution in [0.2, 0.25) is 0 Å². The topological polar surface area (TPSA) is 83.6 Å². The van der Waals surface area contributed by atoms with Crippen LogP contribution >= 0.6 is 0 Å². The summed E-state index contributed by atoms with van der Waals surface area (Å²) in [6.07, 6.45) is 2.71. The van der Waals surface area contributed by atoms with Crippen molar-refractivity contribution in [2.45, 2.75) is 43.5 Å². The fourth-order valence-corrected chi connectivity index (χ4v) is 4.80. The minimum Gasteiger partial charge on any atom is -0.399 e. The highest BCUT2D eigenvalue weighted by Crippen LogP contribution is 2.31. The number of nitrogens with zero attached hydrogens (tertiary/aromatic N) is 1. The van der Waals surface area contributed by atoms with Gasteiger partial charge in [0.25, 0.3) is 0 Å². The van der Waals surface area contributed by atoms with Crippen LogP contribution in [0.1, 0.15) is 31.2 Å². The standard InChI is InChI=1S/C14H21FN2O3S/c1-10-13(15)8-11(16)9-14(10)21(19,20)17-6-2-4-12(17)5-3-7-18/h8-9,12,18H,2-7,16H2,1H3. The molecule has 0 amide bonds. The highest BCUT2D eigenvalue weighted by Gasteiger charge is 2.36. The van der Waals surface area contributed by atoms with Crippen molar-refractivity contribution in [1.82, 2.24) is 4.31 Å². The number of halogens is 1. The Kier molecular flexibility index (Phi) is 4.85. The summed E-state index contributed by atoms with van der Waals surface area (Å²) in [6, 6.07) is 2.31. The molecule has 1 aliphatic heterocycles. The molecule has 0 aromatic heterocycles. The molecule has 0 aliphatic carbocycles. The van der Waals surface area contributed by atoms with Crippen molar-refractivity contribution in [2.24, 2.45) is 0 Å². The number of aliphatic hydroxyl groups excluding tert-OH is 1. The number of sulfonamides is 1. The average molecular weight is 316 g/mol. The van der Waals surface area contributed by atoms with Crippen LogP contribution in [0.4, 0.5) is 10.1 Å². The minimum absolute atomic E-state index is 0.0380. The first kappa shape index (κ1) is 16.2. The van der Waals surface area contributed by atoms with Gasteiger partial charge in [0.2, 0.25) is 10.0 Å². The van der Waals surface area contributed by atoms with E-state index in [-0.39, 0.29) is 28.8 Å². The van der Waals surface area contributed by atoms with Crippen LogP contribution in [-0.2, 0) is 10.0 Å². The van der Waals surface area contributed by atoms with E-state index in [2.05, 4.69) is 0 Å². The summed E-state index contributed by atoms with van der Waals surface area (Å²) in [4.78, 5) is -0.0594. The molecule has 1 unspecified atom stereocenters. The number of hydrogen-bond donors (Lipinski definition) is 2. The van der Waals surface area contributed by atoms with E-state index < -0.39 is 15.8 Å². The van der Waals surface area contributed by atoms with Crippen molar-refractivity contribution in [2.75, 3.05) is 18.9 Å². The molecule has 1 aromatic carbocycles. The molecule has 118 valence electrons. The van der Waals surface area contributed by atoms with Gasteiger partial charge in [0.05, 0.1) is 4.90 Å². The molecule has 0 spiro atoms. The van der Waals surface area contributed by atoms with E-state index in [0.29, 0.717) is 19.4 Å². The van der Waals surface area contributed by atoms with Crippen molar-refractivity contribution in [3.05, 3.63) is 23.5 Å². The van der Waals surface area contributed by atoms with Crippen LogP contribution in [0.5, 0.6) is 0 Å². The first-order valence-electron chi connectivity index (χ1n) is 7.06. The molecule has 7 heteroatoms. The molecule has 0 saturated carbocycles. The SMILES string of the molecule is Cc1c(F)cc(N)cc1S(=O)(=O)N1CCCC1CCCO. The predicted molar refractivity (Wildman–Crippen MR) is 78.8 cm³/mol. The minimum atomic E-state index is -3.76. The van der Waals surface area contributed by atoms with Gasteiger partial charge in [0.15, 0.2) is 0 Å². The smallest absolute Gasteiger partial charge is 0.243 e. The lowest BCUT2D eigenvalue weighted by Gasteiger charge is -2.25. The number of aliphatic hydroxyl groups is 1. The average Bonchev–Trinajstić information content (AvgIpc) is 2.89. The lowest BCUT2D eigenvalue weighted by Crippen LogP contribution is -2.36. The molecule has 0 bridgehead atoms. The van der Waals surface area contributed by atoms with Gasteiger partial charge >= 0.3 is 0 Å². The lowest BCUT2D eigenvalue weighted by atomic mass is 10.1. The fourth-order valence-electron chi connectivity index (χ4n) is 2.81. The van der Waals surface area contributed by atoms with Crippen LogP contribution in [0.3, 0.4) is 0 Å². The summed E-state index contributed by atoms with van der Waals surface area (Å²) in [5, 5.41) is 8.92. The first-order valence-corrected chi connectivity index (χ1v) is 8.50. The van der Waals surface area contributed by atoms with Crippen molar-refractivity contribution in [3.8, 4) is 0 Å². The molecule has 3 N–H and O–H groups in total. The Morgan fingerprint density at radius 2 is 2.19 bits per heavy atom. The van der Waals surface area contributed by atoms with Crippen LogP contribution in [0, 0.1) is 12.7 Å². The van der Waals surface area contributed by atoms with Crippen molar-refractivity contribution in [3.63, 3.8) is 0 Å². The summed E-state index contributed by atoms with van der Waals surface area (Å²) in [6.45, 7) is 1.91. The highest BCUT2D eigenvalue weighted by atomic mass is 32.2. The van der Waals surface area contributed by atoms with E-state index in [9.17, 15) is 12.8 Å². The summed E-state index contributed by atoms with van der Waals surface area (Å²) < 4.78 is 40.7. The van der Waals surface area contributed by atoms with Gasteiger partial charge in [-0.2, -0.15) is 4.31 Å². The molecule has 1 aromatic rings. The van der Waals surface area contributed by atoms with E-state index >= 15 is 0 Å². The Bertz CT molecular complexity index is 619. The van der Waals surface area contributed by atoms with Crippen LogP contribution in [0.25, 0.3) is 0 Å². The lowest BCUT2D eigenvalue weighted by molar-refractivity contribution is 0.264. The molecule has 1 heterocycles. The van der Waals surface area contributed by atoms with Crippen LogP contribution in [-0.4, -0.2) is 37.0 Å². The highest BCUT2D eigenvalue weighted by molar-refractivity contribution is 7.89. The quantitative estimate of drug-likeness (QED) is 0.809. The van der Waals surface area contributed by atoms with E-state index in [1.807, 2.05) is 0 Å². The normalized spacial score (nSPS) is 20.0. The van der Waals surface area contributed by atoms with E-state index in [0.717, 1.165) is 18.9 Å². The molecule has 21 heavy (non-hydrogen) atoms. The zero-order valence-electron chi connectivity index (χ0n) is 12.0. The van der Waals surface area contributed by atoms with Gasteiger partial charge in [-0.05, 0) is 44.7 Å². The van der Waals surface area contributed by atoms with Gasteiger partial charge in [0, 0.05) is 30.4 Å². The predicted octanol–water partition coefficient (Wildman–Crippen LogP) is 1.64. The Balaban J connectivity index is 2.38. The molecule has 5 nitrogen and oxygen atoms in total. The van der Waals surface area contributed by atoms with Gasteiger partial charge in [-0.3, -0.25) is 0 Å². The molecule has 1 saturated heterocycles. The Hall–Kier alpha value is -1.18. The summed E-state index contributed by atoms with van der Waals surface area (Å²) in [5.41, 5.74) is 5.78. The maximum absolute atomic E-state index is 13.8. The molecular formula is C14H21FN2O3S. The Morgan fingerprint density at radius 3 is 2.86 bits per heavy atom. The molecular weight excluding hydrogens is 295 g/mol. The van der Waals surface area contributed by atoms with Gasteiger partial charge < -0.3 is 10.8 Å². The van der Waals surface area contributed by atoms with Crippen LogP contribution < -0.4 is 5.73 Å². The molecule has 1 fully saturated rings. The second-order valence-corrected chi connectivity index (χ2v) is 7.26. The van der Waals surface area contributed by atoms with Gasteiger partial charge in [-0.1, -0.05) is 0 Å². The number of hydrogen-bond acceptors (Lipinski definition) is 4. The maximum atomic E-state index is 13.8. The van der Waals surface area contributed by atoms with Crippen molar-refractivity contribution < 1.29 is 17.9 Å². The number of nitrogen functional groups attached to an aromatic ring is 1. The number of benzene rings is 1. The molecule has 0 radical (unpaired) electrons. The zero-order valence-corrected chi connectivity index (χ0v) is 12.9.